The highest BCUT2D eigenvalue weighted by Crippen LogP contribution is 2.31. The fourth-order valence-corrected chi connectivity index (χ4v) is 3.33. The third-order valence-corrected chi connectivity index (χ3v) is 4.63. The third-order valence-electron chi connectivity index (χ3n) is 4.63. The van der Waals surface area contributed by atoms with E-state index in [0.29, 0.717) is 0 Å². The summed E-state index contributed by atoms with van der Waals surface area (Å²) < 4.78 is 5.49. The Hall–Kier alpha value is -2.62. The molecule has 4 nitrogen and oxygen atoms in total. The van der Waals surface area contributed by atoms with Crippen LogP contribution in [0.1, 0.15) is 19.3 Å². The van der Waals surface area contributed by atoms with E-state index in [1.54, 1.807) is 7.11 Å². The number of aromatic nitrogens is 2. The van der Waals surface area contributed by atoms with E-state index in [2.05, 4.69) is 28.1 Å². The van der Waals surface area contributed by atoms with Crippen LogP contribution in [0.15, 0.2) is 48.7 Å². The van der Waals surface area contributed by atoms with Gasteiger partial charge in [0.15, 0.2) is 0 Å². The minimum Gasteiger partial charge on any atom is -0.496 e. The van der Waals surface area contributed by atoms with Crippen LogP contribution in [-0.4, -0.2) is 30.2 Å². The predicted molar refractivity (Wildman–Crippen MR) is 97.6 cm³/mol. The van der Waals surface area contributed by atoms with Crippen LogP contribution in [0.2, 0.25) is 0 Å². The van der Waals surface area contributed by atoms with E-state index in [1.807, 2.05) is 30.5 Å². The molecule has 1 aromatic heterocycles. The molecule has 0 radical (unpaired) electrons. The Bertz CT molecular complexity index is 856. The zero-order valence-electron chi connectivity index (χ0n) is 13.9. The first-order valence-corrected chi connectivity index (χ1v) is 8.50. The molecule has 24 heavy (non-hydrogen) atoms. The number of rotatable bonds is 3. The van der Waals surface area contributed by atoms with E-state index in [-0.39, 0.29) is 0 Å². The summed E-state index contributed by atoms with van der Waals surface area (Å²) in [6.45, 7) is 2.15. The maximum absolute atomic E-state index is 5.49. The molecule has 1 aliphatic rings. The van der Waals surface area contributed by atoms with E-state index in [9.17, 15) is 0 Å². The van der Waals surface area contributed by atoms with Gasteiger partial charge in [-0.3, -0.25) is 4.98 Å². The summed E-state index contributed by atoms with van der Waals surface area (Å²) in [4.78, 5) is 11.8. The van der Waals surface area contributed by atoms with Gasteiger partial charge >= 0.3 is 0 Å². The maximum Gasteiger partial charge on any atom is 0.147 e. The van der Waals surface area contributed by atoms with Crippen molar-refractivity contribution in [1.29, 1.82) is 0 Å². The van der Waals surface area contributed by atoms with Crippen LogP contribution in [0, 0.1) is 0 Å². The SMILES string of the molecule is COc1ccccc1-c1ccc2ncc(N3CCCCC3)nc2c1. The number of piperidine rings is 1. The lowest BCUT2D eigenvalue weighted by Gasteiger charge is -2.27. The van der Waals surface area contributed by atoms with Crippen molar-refractivity contribution in [2.45, 2.75) is 19.3 Å². The van der Waals surface area contributed by atoms with E-state index < -0.39 is 0 Å². The van der Waals surface area contributed by atoms with Crippen LogP contribution in [0.3, 0.4) is 0 Å². The number of hydrogen-bond acceptors (Lipinski definition) is 4. The average molecular weight is 319 g/mol. The maximum atomic E-state index is 5.49. The molecule has 2 aromatic carbocycles. The van der Waals surface area contributed by atoms with E-state index in [1.165, 1.54) is 19.3 Å². The highest BCUT2D eigenvalue weighted by molar-refractivity contribution is 5.83. The largest absolute Gasteiger partial charge is 0.496 e. The lowest BCUT2D eigenvalue weighted by atomic mass is 10.0. The molecule has 122 valence electrons. The molecule has 1 saturated heterocycles. The molecule has 4 rings (SSSR count). The fourth-order valence-electron chi connectivity index (χ4n) is 3.33. The van der Waals surface area contributed by atoms with Gasteiger partial charge < -0.3 is 9.64 Å². The molecule has 0 unspecified atom stereocenters. The molecule has 0 saturated carbocycles. The highest BCUT2D eigenvalue weighted by Gasteiger charge is 2.13. The monoisotopic (exact) mass is 319 g/mol. The molecule has 4 heteroatoms. The molecule has 1 fully saturated rings. The Morgan fingerprint density at radius 2 is 1.79 bits per heavy atom. The Balaban J connectivity index is 1.76. The van der Waals surface area contributed by atoms with Crippen molar-refractivity contribution in [3.8, 4) is 16.9 Å². The van der Waals surface area contributed by atoms with Gasteiger partial charge in [-0.05, 0) is 43.0 Å². The molecule has 2 heterocycles. The third kappa shape index (κ3) is 2.80. The van der Waals surface area contributed by atoms with E-state index in [4.69, 9.17) is 9.72 Å². The molecule has 1 aliphatic heterocycles. The number of anilines is 1. The smallest absolute Gasteiger partial charge is 0.147 e. The van der Waals surface area contributed by atoms with Crippen molar-refractivity contribution in [2.24, 2.45) is 0 Å². The lowest BCUT2D eigenvalue weighted by molar-refractivity contribution is 0.416. The lowest BCUT2D eigenvalue weighted by Crippen LogP contribution is -2.30. The Labute approximate surface area is 142 Å². The van der Waals surface area contributed by atoms with Gasteiger partial charge in [-0.15, -0.1) is 0 Å². The number of hydrogen-bond donors (Lipinski definition) is 0. The van der Waals surface area contributed by atoms with Crippen molar-refractivity contribution < 1.29 is 4.74 Å². The summed E-state index contributed by atoms with van der Waals surface area (Å²) in [5.74, 6) is 1.86. The van der Waals surface area contributed by atoms with E-state index in [0.717, 1.165) is 46.8 Å². The first-order valence-electron chi connectivity index (χ1n) is 8.50. The van der Waals surface area contributed by atoms with Crippen LogP contribution in [0.5, 0.6) is 5.75 Å². The van der Waals surface area contributed by atoms with Crippen molar-refractivity contribution in [2.75, 3.05) is 25.1 Å². The number of ether oxygens (including phenoxy) is 1. The quantitative estimate of drug-likeness (QED) is 0.721. The van der Waals surface area contributed by atoms with Crippen LogP contribution < -0.4 is 9.64 Å². The van der Waals surface area contributed by atoms with Gasteiger partial charge in [0, 0.05) is 18.7 Å². The summed E-state index contributed by atoms with van der Waals surface area (Å²) in [5.41, 5.74) is 4.04. The van der Waals surface area contributed by atoms with Gasteiger partial charge in [0.1, 0.15) is 11.6 Å². The molecule has 0 aliphatic carbocycles. The van der Waals surface area contributed by atoms with Crippen molar-refractivity contribution in [3.63, 3.8) is 0 Å². The second kappa shape index (κ2) is 6.48. The molecule has 0 N–H and O–H groups in total. The number of nitrogens with zero attached hydrogens (tertiary/aromatic N) is 3. The van der Waals surface area contributed by atoms with Crippen molar-refractivity contribution >= 4 is 16.9 Å². The number of benzene rings is 2. The Morgan fingerprint density at radius 1 is 0.958 bits per heavy atom. The summed E-state index contributed by atoms with van der Waals surface area (Å²) >= 11 is 0. The topological polar surface area (TPSA) is 38.2 Å². The zero-order valence-corrected chi connectivity index (χ0v) is 13.9. The summed E-state index contributed by atoms with van der Waals surface area (Å²) in [6.07, 6.45) is 5.69. The minimum absolute atomic E-state index is 0.872. The van der Waals surface area contributed by atoms with Crippen LogP contribution in [0.25, 0.3) is 22.2 Å². The zero-order chi connectivity index (χ0) is 16.4. The molecule has 0 bridgehead atoms. The summed E-state index contributed by atoms with van der Waals surface area (Å²) in [5, 5.41) is 0. The fraction of sp³-hybridized carbons (Fsp3) is 0.300. The van der Waals surface area contributed by atoms with Crippen LogP contribution in [-0.2, 0) is 0 Å². The molecule has 0 atom stereocenters. The van der Waals surface area contributed by atoms with Crippen LogP contribution >= 0.6 is 0 Å². The average Bonchev–Trinajstić information content (AvgIpc) is 2.67. The van der Waals surface area contributed by atoms with E-state index >= 15 is 0 Å². The van der Waals surface area contributed by atoms with Crippen LogP contribution in [0.4, 0.5) is 5.82 Å². The Kier molecular flexibility index (Phi) is 4.03. The molecule has 0 spiro atoms. The first-order chi connectivity index (χ1) is 11.8. The molecule has 3 aromatic rings. The molecular weight excluding hydrogens is 298 g/mol. The highest BCUT2D eigenvalue weighted by atomic mass is 16.5. The van der Waals surface area contributed by atoms with Gasteiger partial charge in [0.05, 0.1) is 24.3 Å². The predicted octanol–water partition coefficient (Wildman–Crippen LogP) is 4.30. The van der Waals surface area contributed by atoms with Gasteiger partial charge in [-0.25, -0.2) is 4.98 Å². The normalized spacial score (nSPS) is 14.8. The second-order valence-electron chi connectivity index (χ2n) is 6.18. The van der Waals surface area contributed by atoms with Gasteiger partial charge in [-0.1, -0.05) is 24.3 Å². The first kappa shape index (κ1) is 14.9. The standard InChI is InChI=1S/C20H21N3O/c1-24-19-8-4-3-7-16(19)15-9-10-17-18(13-15)22-20(14-21-17)23-11-5-2-6-12-23/h3-4,7-10,13-14H,2,5-6,11-12H2,1H3. The van der Waals surface area contributed by atoms with Crippen molar-refractivity contribution in [1.82, 2.24) is 9.97 Å². The van der Waals surface area contributed by atoms with Gasteiger partial charge in [0.2, 0.25) is 0 Å². The summed E-state index contributed by atoms with van der Waals surface area (Å²) in [7, 11) is 1.70. The van der Waals surface area contributed by atoms with Gasteiger partial charge in [0.25, 0.3) is 0 Å². The second-order valence-corrected chi connectivity index (χ2v) is 6.18. The number of para-hydroxylation sites is 1. The Morgan fingerprint density at radius 3 is 2.62 bits per heavy atom. The van der Waals surface area contributed by atoms with Gasteiger partial charge in [-0.2, -0.15) is 0 Å². The minimum atomic E-state index is 0.872. The summed E-state index contributed by atoms with van der Waals surface area (Å²) in [6, 6.07) is 14.3. The number of fused-ring (bicyclic) bond motifs is 1. The molecule has 0 amide bonds. The molecular formula is C20H21N3O. The van der Waals surface area contributed by atoms with Crippen molar-refractivity contribution in [3.05, 3.63) is 48.7 Å². The number of methoxy groups -OCH3 is 1.